The van der Waals surface area contributed by atoms with Crippen LogP contribution in [0.2, 0.25) is 0 Å². The van der Waals surface area contributed by atoms with Crippen molar-refractivity contribution in [1.29, 1.82) is 0 Å². The first-order valence-corrected chi connectivity index (χ1v) is 9.31. The Hall–Kier alpha value is -0.260. The summed E-state index contributed by atoms with van der Waals surface area (Å²) in [7, 11) is 0. The predicted molar refractivity (Wildman–Crippen MR) is 87.6 cm³/mol. The maximum Gasteiger partial charge on any atom is -0.0206 e. The fourth-order valence-electron chi connectivity index (χ4n) is 4.93. The molecule has 0 saturated heterocycles. The maximum absolute atomic E-state index is 4.44. The monoisotopic (exact) mass is 274 g/mol. The van der Waals surface area contributed by atoms with Crippen LogP contribution in [-0.2, 0) is 0 Å². The average Bonchev–Trinajstić information content (AvgIpc) is 3.23. The van der Waals surface area contributed by atoms with Crippen molar-refractivity contribution < 1.29 is 0 Å². The topological polar surface area (TPSA) is 0 Å². The van der Waals surface area contributed by atoms with Gasteiger partial charge in [-0.1, -0.05) is 38.8 Å². The molecule has 20 heavy (non-hydrogen) atoms. The molecule has 3 aliphatic carbocycles. The average molecular weight is 274 g/mol. The molecule has 0 aromatic rings. The van der Waals surface area contributed by atoms with Gasteiger partial charge in [-0.15, -0.1) is 0 Å². The highest BCUT2D eigenvalue weighted by atomic mass is 14.5. The summed E-state index contributed by atoms with van der Waals surface area (Å²) in [5, 5.41) is 0. The third kappa shape index (κ3) is 3.49. The Labute approximate surface area is 126 Å². The molecule has 0 heterocycles. The van der Waals surface area contributed by atoms with Gasteiger partial charge in [-0.3, -0.25) is 0 Å². The smallest absolute Gasteiger partial charge is 0.0206 e. The molecule has 0 aromatic heterocycles. The quantitative estimate of drug-likeness (QED) is 0.522. The Morgan fingerprint density at radius 3 is 2.45 bits per heavy atom. The molecular formula is C20H34. The number of fused-ring (bicyclic) bond motifs is 1. The van der Waals surface area contributed by atoms with Crippen molar-refractivity contribution in [3.63, 3.8) is 0 Å². The van der Waals surface area contributed by atoms with Crippen LogP contribution in [0.25, 0.3) is 0 Å². The van der Waals surface area contributed by atoms with E-state index in [2.05, 4.69) is 20.4 Å². The summed E-state index contributed by atoms with van der Waals surface area (Å²) < 4.78 is 0. The van der Waals surface area contributed by atoms with Gasteiger partial charge in [-0.25, -0.2) is 0 Å². The van der Waals surface area contributed by atoms with Crippen molar-refractivity contribution in [2.24, 2.45) is 35.5 Å². The minimum atomic E-state index is 0.859. The van der Waals surface area contributed by atoms with Gasteiger partial charge >= 0.3 is 0 Å². The number of allylic oxidation sites excluding steroid dienone is 1. The van der Waals surface area contributed by atoms with Gasteiger partial charge in [0.2, 0.25) is 0 Å². The summed E-state index contributed by atoms with van der Waals surface area (Å²) in [5.41, 5.74) is 1.59. The van der Waals surface area contributed by atoms with E-state index in [4.69, 9.17) is 0 Å². The standard InChI is InChI=1S/C20H34/c1-14-4-8-17(9-5-14)15(2)6-7-16(3)18-10-11-19-13-20(19)12-18/h14,16-20H,2,4-13H2,1,3H3. The van der Waals surface area contributed by atoms with Crippen molar-refractivity contribution in [3.8, 4) is 0 Å². The van der Waals surface area contributed by atoms with E-state index in [1.54, 1.807) is 24.8 Å². The molecule has 0 spiro atoms. The second kappa shape index (κ2) is 6.24. The van der Waals surface area contributed by atoms with Crippen LogP contribution in [0.4, 0.5) is 0 Å². The summed E-state index contributed by atoms with van der Waals surface area (Å²) >= 11 is 0. The zero-order valence-electron chi connectivity index (χ0n) is 13.7. The first-order valence-electron chi connectivity index (χ1n) is 9.31. The van der Waals surface area contributed by atoms with Gasteiger partial charge in [0.25, 0.3) is 0 Å². The van der Waals surface area contributed by atoms with Gasteiger partial charge < -0.3 is 0 Å². The lowest BCUT2D eigenvalue weighted by Gasteiger charge is -2.30. The molecule has 3 aliphatic rings. The molecule has 3 fully saturated rings. The Morgan fingerprint density at radius 1 is 1.00 bits per heavy atom. The van der Waals surface area contributed by atoms with Gasteiger partial charge in [-0.05, 0) is 86.9 Å². The van der Waals surface area contributed by atoms with Crippen LogP contribution in [0.5, 0.6) is 0 Å². The van der Waals surface area contributed by atoms with E-state index in [0.717, 1.165) is 35.5 Å². The molecule has 0 radical (unpaired) electrons. The number of hydrogen-bond donors (Lipinski definition) is 0. The van der Waals surface area contributed by atoms with Crippen molar-refractivity contribution in [3.05, 3.63) is 12.2 Å². The van der Waals surface area contributed by atoms with Gasteiger partial charge in [0.15, 0.2) is 0 Å². The van der Waals surface area contributed by atoms with Crippen molar-refractivity contribution >= 4 is 0 Å². The van der Waals surface area contributed by atoms with Crippen molar-refractivity contribution in [2.45, 2.75) is 78.1 Å². The first-order chi connectivity index (χ1) is 9.63. The SMILES string of the molecule is C=C(CCC(C)C1CCC2CC2C1)C1CCC(C)CC1. The summed E-state index contributed by atoms with van der Waals surface area (Å²) in [4.78, 5) is 0. The van der Waals surface area contributed by atoms with Crippen LogP contribution in [0.1, 0.15) is 78.1 Å². The van der Waals surface area contributed by atoms with Gasteiger partial charge in [-0.2, -0.15) is 0 Å². The van der Waals surface area contributed by atoms with Gasteiger partial charge in [0.05, 0.1) is 0 Å². The minimum Gasteiger partial charge on any atom is -0.0996 e. The van der Waals surface area contributed by atoms with E-state index in [0.29, 0.717) is 0 Å². The van der Waals surface area contributed by atoms with Crippen LogP contribution in [-0.4, -0.2) is 0 Å². The molecule has 4 atom stereocenters. The Kier molecular flexibility index (Phi) is 4.58. The van der Waals surface area contributed by atoms with Crippen molar-refractivity contribution in [2.75, 3.05) is 0 Å². The van der Waals surface area contributed by atoms with Gasteiger partial charge in [0, 0.05) is 0 Å². The van der Waals surface area contributed by atoms with Crippen LogP contribution in [0.15, 0.2) is 12.2 Å². The molecule has 3 saturated carbocycles. The Bertz CT molecular complexity index is 334. The molecular weight excluding hydrogens is 240 g/mol. The summed E-state index contributed by atoms with van der Waals surface area (Å²) in [6.07, 6.45) is 14.6. The lowest BCUT2D eigenvalue weighted by molar-refractivity contribution is 0.240. The van der Waals surface area contributed by atoms with E-state index < -0.39 is 0 Å². The Morgan fingerprint density at radius 2 is 1.75 bits per heavy atom. The molecule has 0 heteroatoms. The van der Waals surface area contributed by atoms with Crippen LogP contribution < -0.4 is 0 Å². The van der Waals surface area contributed by atoms with Crippen LogP contribution in [0, 0.1) is 35.5 Å². The van der Waals surface area contributed by atoms with Crippen molar-refractivity contribution in [1.82, 2.24) is 0 Å². The summed E-state index contributed by atoms with van der Waals surface area (Å²) in [5.74, 6) is 6.09. The predicted octanol–water partition coefficient (Wildman–Crippen LogP) is 6.22. The van der Waals surface area contributed by atoms with Crippen LogP contribution >= 0.6 is 0 Å². The van der Waals surface area contributed by atoms with E-state index in [-0.39, 0.29) is 0 Å². The fourth-order valence-corrected chi connectivity index (χ4v) is 4.93. The molecule has 0 bridgehead atoms. The third-order valence-electron chi connectivity index (χ3n) is 6.90. The lowest BCUT2D eigenvalue weighted by Crippen LogP contribution is -2.18. The van der Waals surface area contributed by atoms with E-state index >= 15 is 0 Å². The normalized spacial score (nSPS) is 41.8. The molecule has 0 aromatic carbocycles. The zero-order chi connectivity index (χ0) is 14.1. The largest absolute Gasteiger partial charge is 0.0996 e. The molecule has 114 valence electrons. The fraction of sp³-hybridized carbons (Fsp3) is 0.900. The third-order valence-corrected chi connectivity index (χ3v) is 6.90. The highest BCUT2D eigenvalue weighted by Gasteiger charge is 2.42. The molecule has 4 unspecified atom stereocenters. The number of hydrogen-bond acceptors (Lipinski definition) is 0. The molecule has 0 amide bonds. The second-order valence-electron chi connectivity index (χ2n) is 8.46. The molecule has 0 N–H and O–H groups in total. The highest BCUT2D eigenvalue weighted by Crippen LogP contribution is 2.53. The first kappa shape index (κ1) is 14.7. The minimum absolute atomic E-state index is 0.859. The maximum atomic E-state index is 4.44. The lowest BCUT2D eigenvalue weighted by atomic mass is 9.75. The van der Waals surface area contributed by atoms with Crippen LogP contribution in [0.3, 0.4) is 0 Å². The molecule has 0 nitrogen and oxygen atoms in total. The zero-order valence-corrected chi connectivity index (χ0v) is 13.7. The summed E-state index contributed by atoms with van der Waals surface area (Å²) in [6, 6.07) is 0. The van der Waals surface area contributed by atoms with Gasteiger partial charge in [0.1, 0.15) is 0 Å². The molecule has 0 aliphatic heterocycles. The van der Waals surface area contributed by atoms with E-state index in [1.165, 1.54) is 44.9 Å². The van der Waals surface area contributed by atoms with E-state index in [1.807, 2.05) is 0 Å². The number of rotatable bonds is 5. The molecule has 3 rings (SSSR count). The van der Waals surface area contributed by atoms with E-state index in [9.17, 15) is 0 Å². The summed E-state index contributed by atoms with van der Waals surface area (Å²) in [6.45, 7) is 9.37. The highest BCUT2D eigenvalue weighted by molar-refractivity contribution is 5.02. The second-order valence-corrected chi connectivity index (χ2v) is 8.46. The Balaban J connectivity index is 1.38.